The van der Waals surface area contributed by atoms with Crippen LogP contribution in [0.5, 0.6) is 11.5 Å². The fraction of sp³-hybridized carbons (Fsp3) is 0.652. The van der Waals surface area contributed by atoms with Gasteiger partial charge in [-0.05, 0) is 49.4 Å². The molecule has 2 atom stereocenters. The maximum atomic E-state index is 13.1. The highest BCUT2D eigenvalue weighted by molar-refractivity contribution is 5.87. The Morgan fingerprint density at radius 3 is 2.43 bits per heavy atom. The summed E-state index contributed by atoms with van der Waals surface area (Å²) < 4.78 is 10.6. The largest absolute Gasteiger partial charge is 0.493 e. The first kappa shape index (κ1) is 25.8. The predicted octanol–water partition coefficient (Wildman–Crippen LogP) is 2.75. The van der Waals surface area contributed by atoms with E-state index in [2.05, 4.69) is 5.32 Å². The maximum Gasteiger partial charge on any atom is 0.245 e. The van der Waals surface area contributed by atoms with Crippen molar-refractivity contribution in [3.05, 3.63) is 23.8 Å². The highest BCUT2D eigenvalue weighted by Gasteiger charge is 2.28. The van der Waals surface area contributed by atoms with Gasteiger partial charge in [-0.3, -0.25) is 9.59 Å². The van der Waals surface area contributed by atoms with Gasteiger partial charge in [0.2, 0.25) is 11.8 Å². The number of rotatable bonds is 14. The van der Waals surface area contributed by atoms with E-state index in [1.54, 1.807) is 26.2 Å². The molecule has 2 amide bonds. The van der Waals surface area contributed by atoms with Crippen LogP contribution in [0.4, 0.5) is 0 Å². The minimum Gasteiger partial charge on any atom is -0.493 e. The Labute approximate surface area is 181 Å². The topological polar surface area (TPSA) is 93.9 Å². The Kier molecular flexibility index (Phi) is 11.9. The number of hydrogen-bond acceptors (Lipinski definition) is 5. The first-order valence-corrected chi connectivity index (χ1v) is 10.8. The van der Waals surface area contributed by atoms with Crippen molar-refractivity contribution in [2.45, 2.75) is 58.4 Å². The van der Waals surface area contributed by atoms with Crippen molar-refractivity contribution in [1.29, 1.82) is 0 Å². The SMILES string of the molecule is CC[C@@H](C)[C@@H](NC(=O)CCCCCN)C(=O)N(C)CCc1ccc(OC)c(OC)c1. The normalized spacial score (nSPS) is 12.7. The zero-order valence-corrected chi connectivity index (χ0v) is 19.2. The van der Waals surface area contributed by atoms with Crippen LogP contribution in [0.15, 0.2) is 18.2 Å². The van der Waals surface area contributed by atoms with E-state index < -0.39 is 6.04 Å². The van der Waals surface area contributed by atoms with Crippen molar-refractivity contribution in [2.75, 3.05) is 34.4 Å². The second kappa shape index (κ2) is 13.9. The van der Waals surface area contributed by atoms with Gasteiger partial charge in [0.25, 0.3) is 0 Å². The monoisotopic (exact) mass is 421 g/mol. The third-order valence-corrected chi connectivity index (χ3v) is 5.46. The van der Waals surface area contributed by atoms with Crippen molar-refractivity contribution in [2.24, 2.45) is 11.7 Å². The van der Waals surface area contributed by atoms with Crippen LogP contribution in [-0.2, 0) is 16.0 Å². The van der Waals surface area contributed by atoms with E-state index in [4.69, 9.17) is 15.2 Å². The summed E-state index contributed by atoms with van der Waals surface area (Å²) in [4.78, 5) is 27.1. The first-order chi connectivity index (χ1) is 14.4. The van der Waals surface area contributed by atoms with E-state index in [0.717, 1.165) is 31.2 Å². The van der Waals surface area contributed by atoms with Crippen molar-refractivity contribution in [3.8, 4) is 11.5 Å². The molecule has 0 aliphatic heterocycles. The predicted molar refractivity (Wildman–Crippen MR) is 120 cm³/mol. The highest BCUT2D eigenvalue weighted by atomic mass is 16.5. The number of nitrogens with zero attached hydrogens (tertiary/aromatic N) is 1. The molecule has 0 heterocycles. The number of unbranched alkanes of at least 4 members (excludes halogenated alkanes) is 2. The van der Waals surface area contributed by atoms with Gasteiger partial charge < -0.3 is 25.4 Å². The number of carbonyl (C=O) groups is 2. The van der Waals surface area contributed by atoms with Gasteiger partial charge in [-0.25, -0.2) is 0 Å². The van der Waals surface area contributed by atoms with Gasteiger partial charge >= 0.3 is 0 Å². The third-order valence-electron chi connectivity index (χ3n) is 5.46. The average Bonchev–Trinajstić information content (AvgIpc) is 2.77. The van der Waals surface area contributed by atoms with E-state index in [1.807, 2.05) is 32.0 Å². The van der Waals surface area contributed by atoms with Gasteiger partial charge in [0.05, 0.1) is 14.2 Å². The van der Waals surface area contributed by atoms with E-state index in [1.165, 1.54) is 0 Å². The summed E-state index contributed by atoms with van der Waals surface area (Å²) in [5, 5.41) is 2.96. The number of benzene rings is 1. The highest BCUT2D eigenvalue weighted by Crippen LogP contribution is 2.27. The van der Waals surface area contributed by atoms with Crippen molar-refractivity contribution >= 4 is 11.8 Å². The molecule has 1 aromatic rings. The van der Waals surface area contributed by atoms with Crippen molar-refractivity contribution in [1.82, 2.24) is 10.2 Å². The Morgan fingerprint density at radius 1 is 1.13 bits per heavy atom. The summed E-state index contributed by atoms with van der Waals surface area (Å²) in [5.74, 6) is 1.29. The van der Waals surface area contributed by atoms with Gasteiger partial charge in [-0.15, -0.1) is 0 Å². The molecular weight excluding hydrogens is 382 g/mol. The van der Waals surface area contributed by atoms with Crippen molar-refractivity contribution in [3.63, 3.8) is 0 Å². The molecule has 0 aliphatic rings. The third kappa shape index (κ3) is 8.22. The molecule has 3 N–H and O–H groups in total. The number of ether oxygens (including phenoxy) is 2. The Hall–Kier alpha value is -2.28. The van der Waals surface area contributed by atoms with Crippen LogP contribution in [0.1, 0.15) is 51.5 Å². The summed E-state index contributed by atoms with van der Waals surface area (Å²) in [6, 6.07) is 5.25. The summed E-state index contributed by atoms with van der Waals surface area (Å²) >= 11 is 0. The summed E-state index contributed by atoms with van der Waals surface area (Å²) in [7, 11) is 4.99. The molecule has 1 aromatic carbocycles. The van der Waals surface area contributed by atoms with Crippen LogP contribution in [0.3, 0.4) is 0 Å². The number of carbonyl (C=O) groups excluding carboxylic acids is 2. The molecule has 30 heavy (non-hydrogen) atoms. The lowest BCUT2D eigenvalue weighted by Crippen LogP contribution is -2.51. The van der Waals surface area contributed by atoms with Gasteiger partial charge in [-0.1, -0.05) is 32.8 Å². The van der Waals surface area contributed by atoms with Crippen LogP contribution in [0, 0.1) is 5.92 Å². The van der Waals surface area contributed by atoms with Gasteiger partial charge in [0.15, 0.2) is 11.5 Å². The Bertz CT molecular complexity index is 666. The van der Waals surface area contributed by atoms with Gasteiger partial charge in [-0.2, -0.15) is 0 Å². The Morgan fingerprint density at radius 2 is 1.83 bits per heavy atom. The average molecular weight is 422 g/mol. The smallest absolute Gasteiger partial charge is 0.245 e. The Balaban J connectivity index is 2.69. The number of likely N-dealkylation sites (N-methyl/N-ethyl adjacent to an activating group) is 1. The number of methoxy groups -OCH3 is 2. The number of amides is 2. The van der Waals surface area contributed by atoms with E-state index in [9.17, 15) is 9.59 Å². The molecule has 0 radical (unpaired) electrons. The molecule has 170 valence electrons. The quantitative estimate of drug-likeness (QED) is 0.451. The maximum absolute atomic E-state index is 13.1. The lowest BCUT2D eigenvalue weighted by atomic mass is 9.97. The zero-order chi connectivity index (χ0) is 22.5. The van der Waals surface area contributed by atoms with Crippen LogP contribution in [0.2, 0.25) is 0 Å². The molecule has 0 aliphatic carbocycles. The van der Waals surface area contributed by atoms with Gasteiger partial charge in [0.1, 0.15) is 6.04 Å². The zero-order valence-electron chi connectivity index (χ0n) is 19.2. The molecule has 1 rings (SSSR count). The standard InChI is InChI=1S/C23H39N3O4/c1-6-17(2)22(25-21(27)10-8-7-9-14-24)23(28)26(3)15-13-18-11-12-19(29-4)20(16-18)30-5/h11-12,16-17,22H,6-10,13-15,24H2,1-5H3,(H,25,27)/t17-,22-/m1/s1. The molecule has 7 nitrogen and oxygen atoms in total. The van der Waals surface area contributed by atoms with Crippen LogP contribution < -0.4 is 20.5 Å². The molecule has 0 spiro atoms. The molecular formula is C23H39N3O4. The van der Waals surface area contributed by atoms with E-state index in [0.29, 0.717) is 37.4 Å². The number of nitrogens with two attached hydrogens (primary N) is 1. The minimum absolute atomic E-state index is 0.0554. The van der Waals surface area contributed by atoms with Crippen LogP contribution in [0.25, 0.3) is 0 Å². The van der Waals surface area contributed by atoms with Crippen LogP contribution in [-0.4, -0.2) is 57.1 Å². The minimum atomic E-state index is -0.507. The molecule has 0 bridgehead atoms. The molecule has 0 saturated carbocycles. The molecule has 0 fully saturated rings. The number of hydrogen-bond donors (Lipinski definition) is 2. The lowest BCUT2D eigenvalue weighted by molar-refractivity contribution is -0.136. The fourth-order valence-corrected chi connectivity index (χ4v) is 3.22. The molecule has 0 unspecified atom stereocenters. The summed E-state index contributed by atoms with van der Waals surface area (Å²) in [5.41, 5.74) is 6.55. The van der Waals surface area contributed by atoms with Crippen molar-refractivity contribution < 1.29 is 19.1 Å². The second-order valence-electron chi connectivity index (χ2n) is 7.73. The van der Waals surface area contributed by atoms with E-state index in [-0.39, 0.29) is 17.7 Å². The lowest BCUT2D eigenvalue weighted by Gasteiger charge is -2.28. The van der Waals surface area contributed by atoms with E-state index >= 15 is 0 Å². The van der Waals surface area contributed by atoms with Gasteiger partial charge in [0, 0.05) is 20.0 Å². The first-order valence-electron chi connectivity index (χ1n) is 10.8. The van der Waals surface area contributed by atoms with Crippen LogP contribution >= 0.6 is 0 Å². The summed E-state index contributed by atoms with van der Waals surface area (Å²) in [6.45, 7) is 5.22. The summed E-state index contributed by atoms with van der Waals surface area (Å²) in [6.07, 6.45) is 4.56. The molecule has 0 aromatic heterocycles. The number of nitrogens with one attached hydrogen (secondary N) is 1. The molecule has 7 heteroatoms. The second-order valence-corrected chi connectivity index (χ2v) is 7.73. The fourth-order valence-electron chi connectivity index (χ4n) is 3.22. The molecule has 0 saturated heterocycles.